The van der Waals surface area contributed by atoms with Crippen molar-refractivity contribution in [2.24, 2.45) is 0 Å². The molecule has 0 spiro atoms. The molecule has 0 aliphatic rings. The average molecular weight is 285 g/mol. The lowest BCUT2D eigenvalue weighted by Crippen LogP contribution is -2.23. The Bertz CT molecular complexity index is 656. The van der Waals surface area contributed by atoms with E-state index in [1.807, 2.05) is 30.3 Å². The summed E-state index contributed by atoms with van der Waals surface area (Å²) in [5.74, 6) is -0.355. The summed E-state index contributed by atoms with van der Waals surface area (Å²) in [5, 5.41) is 16.4. The molecule has 0 aromatic heterocycles. The first kappa shape index (κ1) is 14.5. The summed E-state index contributed by atoms with van der Waals surface area (Å²) >= 11 is 0. The molecule has 0 unspecified atom stereocenters. The summed E-state index contributed by atoms with van der Waals surface area (Å²) < 4.78 is 0. The van der Waals surface area contributed by atoms with Crippen molar-refractivity contribution in [1.29, 1.82) is 0 Å². The molecule has 2 aromatic carbocycles. The maximum atomic E-state index is 12.2. The van der Waals surface area contributed by atoms with Gasteiger partial charge in [-0.1, -0.05) is 30.3 Å². The standard InChI is InChI=1S/C15H15N3O3/c1-16-14-8-7-12(18(20)21)9-13(14)15(19)17-10-11-5-3-2-4-6-11/h2-9,16H,10H2,1H3,(H,17,19). The second-order valence-electron chi connectivity index (χ2n) is 4.41. The first-order valence-electron chi connectivity index (χ1n) is 6.40. The van der Waals surface area contributed by atoms with Crippen molar-refractivity contribution in [3.8, 4) is 0 Å². The number of hydrogen-bond acceptors (Lipinski definition) is 4. The van der Waals surface area contributed by atoms with Gasteiger partial charge in [0.15, 0.2) is 0 Å². The van der Waals surface area contributed by atoms with E-state index in [4.69, 9.17) is 0 Å². The van der Waals surface area contributed by atoms with Gasteiger partial charge in [-0.2, -0.15) is 0 Å². The number of rotatable bonds is 5. The van der Waals surface area contributed by atoms with Crippen molar-refractivity contribution < 1.29 is 9.72 Å². The van der Waals surface area contributed by atoms with Crippen LogP contribution < -0.4 is 10.6 Å². The van der Waals surface area contributed by atoms with E-state index in [0.717, 1.165) is 5.56 Å². The lowest BCUT2D eigenvalue weighted by Gasteiger charge is -2.10. The summed E-state index contributed by atoms with van der Waals surface area (Å²) in [6.45, 7) is 0.367. The molecule has 6 nitrogen and oxygen atoms in total. The Kier molecular flexibility index (Phi) is 4.50. The summed E-state index contributed by atoms with van der Waals surface area (Å²) in [5.41, 5.74) is 1.65. The zero-order chi connectivity index (χ0) is 15.2. The van der Waals surface area contributed by atoms with E-state index in [1.54, 1.807) is 7.05 Å². The van der Waals surface area contributed by atoms with E-state index in [0.29, 0.717) is 12.2 Å². The van der Waals surface area contributed by atoms with Crippen molar-refractivity contribution in [3.63, 3.8) is 0 Å². The molecular formula is C15H15N3O3. The van der Waals surface area contributed by atoms with Crippen LogP contribution >= 0.6 is 0 Å². The van der Waals surface area contributed by atoms with Gasteiger partial charge < -0.3 is 10.6 Å². The van der Waals surface area contributed by atoms with Gasteiger partial charge in [-0.3, -0.25) is 14.9 Å². The van der Waals surface area contributed by atoms with E-state index in [-0.39, 0.29) is 17.2 Å². The van der Waals surface area contributed by atoms with Crippen LogP contribution in [0.25, 0.3) is 0 Å². The van der Waals surface area contributed by atoms with Crippen LogP contribution in [0.2, 0.25) is 0 Å². The summed E-state index contributed by atoms with van der Waals surface area (Å²) in [4.78, 5) is 22.5. The maximum Gasteiger partial charge on any atom is 0.270 e. The van der Waals surface area contributed by atoms with Gasteiger partial charge in [-0.25, -0.2) is 0 Å². The molecule has 0 saturated carbocycles. The van der Waals surface area contributed by atoms with Crippen LogP contribution in [-0.4, -0.2) is 17.9 Å². The molecule has 21 heavy (non-hydrogen) atoms. The van der Waals surface area contributed by atoms with E-state index < -0.39 is 4.92 Å². The maximum absolute atomic E-state index is 12.2. The number of nitro benzene ring substituents is 1. The van der Waals surface area contributed by atoms with Crippen LogP contribution in [0.15, 0.2) is 48.5 Å². The normalized spacial score (nSPS) is 9.95. The van der Waals surface area contributed by atoms with Crippen molar-refractivity contribution >= 4 is 17.3 Å². The average Bonchev–Trinajstić information content (AvgIpc) is 2.52. The van der Waals surface area contributed by atoms with Gasteiger partial charge in [0.1, 0.15) is 0 Å². The van der Waals surface area contributed by atoms with E-state index >= 15 is 0 Å². The van der Waals surface area contributed by atoms with Crippen molar-refractivity contribution in [3.05, 3.63) is 69.8 Å². The minimum atomic E-state index is -0.520. The number of nitrogens with one attached hydrogen (secondary N) is 2. The highest BCUT2D eigenvalue weighted by atomic mass is 16.6. The largest absolute Gasteiger partial charge is 0.387 e. The molecule has 2 N–H and O–H groups in total. The fourth-order valence-electron chi connectivity index (χ4n) is 1.93. The number of hydrogen-bond donors (Lipinski definition) is 2. The highest BCUT2D eigenvalue weighted by Crippen LogP contribution is 2.21. The van der Waals surface area contributed by atoms with Crippen LogP contribution in [0.1, 0.15) is 15.9 Å². The molecular weight excluding hydrogens is 270 g/mol. The lowest BCUT2D eigenvalue weighted by atomic mass is 10.1. The number of nitro groups is 1. The van der Waals surface area contributed by atoms with Crippen LogP contribution in [0.5, 0.6) is 0 Å². The predicted octanol–water partition coefficient (Wildman–Crippen LogP) is 2.57. The van der Waals surface area contributed by atoms with Gasteiger partial charge in [0.25, 0.3) is 11.6 Å². The number of carbonyl (C=O) groups is 1. The monoisotopic (exact) mass is 285 g/mol. The molecule has 0 aliphatic carbocycles. The molecule has 0 atom stereocenters. The molecule has 0 saturated heterocycles. The molecule has 0 bridgehead atoms. The number of non-ortho nitro benzene ring substituents is 1. The first-order chi connectivity index (χ1) is 10.1. The van der Waals surface area contributed by atoms with Crippen LogP contribution in [0.3, 0.4) is 0 Å². The SMILES string of the molecule is CNc1ccc([N+](=O)[O-])cc1C(=O)NCc1ccccc1. The predicted molar refractivity (Wildman–Crippen MR) is 80.3 cm³/mol. The molecule has 108 valence electrons. The van der Waals surface area contributed by atoms with Gasteiger partial charge in [-0.05, 0) is 11.6 Å². The fourth-order valence-corrected chi connectivity index (χ4v) is 1.93. The summed E-state index contributed by atoms with van der Waals surface area (Å²) in [6, 6.07) is 13.6. The zero-order valence-electron chi connectivity index (χ0n) is 11.5. The van der Waals surface area contributed by atoms with Gasteiger partial charge in [0.05, 0.1) is 10.5 Å². The number of amides is 1. The van der Waals surface area contributed by atoms with Gasteiger partial charge in [0.2, 0.25) is 0 Å². The summed E-state index contributed by atoms with van der Waals surface area (Å²) in [6.07, 6.45) is 0. The van der Waals surface area contributed by atoms with Crippen LogP contribution in [0, 0.1) is 10.1 Å². The highest BCUT2D eigenvalue weighted by Gasteiger charge is 2.15. The third-order valence-corrected chi connectivity index (χ3v) is 3.02. The molecule has 0 aliphatic heterocycles. The fraction of sp³-hybridized carbons (Fsp3) is 0.133. The topological polar surface area (TPSA) is 84.3 Å². The Balaban J connectivity index is 2.17. The molecule has 2 rings (SSSR count). The minimum Gasteiger partial charge on any atom is -0.387 e. The number of nitrogens with zero attached hydrogens (tertiary/aromatic N) is 1. The van der Waals surface area contributed by atoms with Crippen molar-refractivity contribution in [2.75, 3.05) is 12.4 Å². The third-order valence-electron chi connectivity index (χ3n) is 3.02. The van der Waals surface area contributed by atoms with E-state index in [9.17, 15) is 14.9 Å². The Morgan fingerprint density at radius 3 is 2.52 bits per heavy atom. The lowest BCUT2D eigenvalue weighted by molar-refractivity contribution is -0.384. The molecule has 0 radical (unpaired) electrons. The van der Waals surface area contributed by atoms with Crippen LogP contribution in [-0.2, 0) is 6.54 Å². The van der Waals surface area contributed by atoms with Gasteiger partial charge in [-0.15, -0.1) is 0 Å². The van der Waals surface area contributed by atoms with E-state index in [2.05, 4.69) is 10.6 Å². The molecule has 0 fully saturated rings. The molecule has 0 heterocycles. The first-order valence-corrected chi connectivity index (χ1v) is 6.40. The number of carbonyl (C=O) groups excluding carboxylic acids is 1. The van der Waals surface area contributed by atoms with Gasteiger partial charge in [0, 0.05) is 31.4 Å². The van der Waals surface area contributed by atoms with Gasteiger partial charge >= 0.3 is 0 Å². The minimum absolute atomic E-state index is 0.112. The quantitative estimate of drug-likeness (QED) is 0.653. The molecule has 1 amide bonds. The molecule has 6 heteroatoms. The summed E-state index contributed by atoms with van der Waals surface area (Å²) in [7, 11) is 1.66. The second kappa shape index (κ2) is 6.51. The smallest absolute Gasteiger partial charge is 0.270 e. The Morgan fingerprint density at radius 1 is 1.19 bits per heavy atom. The third kappa shape index (κ3) is 3.56. The van der Waals surface area contributed by atoms with Crippen LogP contribution in [0.4, 0.5) is 11.4 Å². The highest BCUT2D eigenvalue weighted by molar-refractivity contribution is 6.00. The number of anilines is 1. The second-order valence-corrected chi connectivity index (χ2v) is 4.41. The Hall–Kier alpha value is -2.89. The molecule has 2 aromatic rings. The zero-order valence-corrected chi connectivity index (χ0v) is 11.5. The Labute approximate surface area is 121 Å². The van der Waals surface area contributed by atoms with Crippen molar-refractivity contribution in [1.82, 2.24) is 5.32 Å². The van der Waals surface area contributed by atoms with E-state index in [1.165, 1.54) is 18.2 Å². The van der Waals surface area contributed by atoms with Crippen molar-refractivity contribution in [2.45, 2.75) is 6.54 Å². The number of benzene rings is 2. The Morgan fingerprint density at radius 2 is 1.90 bits per heavy atom.